The van der Waals surface area contributed by atoms with Crippen LogP contribution in [-0.4, -0.2) is 24.9 Å². The summed E-state index contributed by atoms with van der Waals surface area (Å²) < 4.78 is 0. The second kappa shape index (κ2) is 22.7. The molecule has 10 aromatic rings. The highest BCUT2D eigenvalue weighted by Crippen LogP contribution is 2.45. The fraction of sp³-hybridized carbons (Fsp3) is 0.312. The average Bonchev–Trinajstić information content (AvgIpc) is 3.54. The Bertz CT molecular complexity index is 4430. The van der Waals surface area contributed by atoms with Gasteiger partial charge in [0.05, 0.1) is 28.5 Å². The molecule has 5 heterocycles. The quantitative estimate of drug-likeness (QED) is 0.151. The van der Waals surface area contributed by atoms with Gasteiger partial charge in [-0.3, -0.25) is 24.9 Å². The molecule has 0 saturated carbocycles. The van der Waals surface area contributed by atoms with Crippen molar-refractivity contribution in [3.05, 3.63) is 259 Å². The molecular formula is C80H85N5. The van der Waals surface area contributed by atoms with Crippen LogP contribution < -0.4 is 0 Å². The highest BCUT2D eigenvalue weighted by atomic mass is 14.7. The number of pyridine rings is 5. The van der Waals surface area contributed by atoms with Gasteiger partial charge in [-0.25, -0.2) is 0 Å². The van der Waals surface area contributed by atoms with E-state index in [-0.39, 0.29) is 0 Å². The molecule has 0 fully saturated rings. The summed E-state index contributed by atoms with van der Waals surface area (Å²) in [5.41, 5.74) is 54.6. The van der Waals surface area contributed by atoms with Crippen molar-refractivity contribution in [2.45, 2.75) is 171 Å². The van der Waals surface area contributed by atoms with Gasteiger partial charge in [-0.1, -0.05) is 42.5 Å². The van der Waals surface area contributed by atoms with Crippen LogP contribution in [-0.2, 0) is 32.1 Å². The summed E-state index contributed by atoms with van der Waals surface area (Å²) >= 11 is 0. The molecule has 5 nitrogen and oxygen atoms in total. The number of benzene rings is 5. The van der Waals surface area contributed by atoms with Gasteiger partial charge >= 0.3 is 0 Å². The van der Waals surface area contributed by atoms with Crippen molar-refractivity contribution >= 4 is 0 Å². The lowest BCUT2D eigenvalue weighted by Gasteiger charge is -2.12. The van der Waals surface area contributed by atoms with Crippen molar-refractivity contribution in [1.29, 1.82) is 0 Å². The van der Waals surface area contributed by atoms with Crippen LogP contribution in [0.5, 0.6) is 0 Å². The normalized spacial score (nSPS) is 12.5. The molecule has 5 heteroatoms. The first-order chi connectivity index (χ1) is 40.4. The molecule has 430 valence electrons. The van der Waals surface area contributed by atoms with E-state index in [1.807, 2.05) is 18.6 Å². The fourth-order valence-electron chi connectivity index (χ4n) is 14.3. The zero-order valence-corrected chi connectivity index (χ0v) is 54.4. The molecule has 5 aliphatic rings. The first-order valence-electron chi connectivity index (χ1n) is 30.7. The molecule has 5 aliphatic carbocycles. The van der Waals surface area contributed by atoms with Crippen molar-refractivity contribution in [3.63, 3.8) is 0 Å². The van der Waals surface area contributed by atoms with Crippen LogP contribution in [0.15, 0.2) is 91.4 Å². The van der Waals surface area contributed by atoms with Gasteiger partial charge in [0.2, 0.25) is 0 Å². The third-order valence-corrected chi connectivity index (χ3v) is 19.9. The zero-order valence-electron chi connectivity index (χ0n) is 54.4. The van der Waals surface area contributed by atoms with Gasteiger partial charge in [0.1, 0.15) is 0 Å². The van der Waals surface area contributed by atoms with E-state index in [2.05, 4.69) is 236 Å². The minimum absolute atomic E-state index is 0.998. The van der Waals surface area contributed by atoms with Crippen LogP contribution >= 0.6 is 0 Å². The average molecular weight is 1120 g/mol. The second-order valence-corrected chi connectivity index (χ2v) is 25.6. The Balaban J connectivity index is 0.000000111. The molecule has 0 radical (unpaired) electrons. The van der Waals surface area contributed by atoms with Crippen molar-refractivity contribution in [1.82, 2.24) is 24.9 Å². The maximum Gasteiger partial charge on any atom is 0.0529 e. The van der Waals surface area contributed by atoms with E-state index < -0.39 is 0 Å². The molecule has 0 bridgehead atoms. The predicted molar refractivity (Wildman–Crippen MR) is 357 cm³/mol. The minimum atomic E-state index is 0.998. The van der Waals surface area contributed by atoms with Gasteiger partial charge in [-0.2, -0.15) is 0 Å². The summed E-state index contributed by atoms with van der Waals surface area (Å²) in [5, 5.41) is 0. The number of aryl methyl sites for hydroxylation is 13. The van der Waals surface area contributed by atoms with Crippen LogP contribution in [0.1, 0.15) is 168 Å². The van der Waals surface area contributed by atoms with E-state index in [1.54, 1.807) is 0 Å². The van der Waals surface area contributed by atoms with Gasteiger partial charge in [0.15, 0.2) is 0 Å². The Labute approximate surface area is 507 Å². The van der Waals surface area contributed by atoms with Crippen LogP contribution in [0.3, 0.4) is 0 Å². The van der Waals surface area contributed by atoms with E-state index in [4.69, 9.17) is 0 Å². The summed E-state index contributed by atoms with van der Waals surface area (Å²) in [6.45, 7) is 43.8. The van der Waals surface area contributed by atoms with E-state index in [0.29, 0.717) is 0 Å². The number of aromatic nitrogens is 5. The van der Waals surface area contributed by atoms with Gasteiger partial charge < -0.3 is 0 Å². The molecule has 5 aromatic heterocycles. The molecule has 0 N–H and O–H groups in total. The Hall–Kier alpha value is -8.15. The van der Waals surface area contributed by atoms with Crippen LogP contribution in [0, 0.1) is 138 Å². The summed E-state index contributed by atoms with van der Waals surface area (Å²) in [4.78, 5) is 23.1. The lowest BCUT2D eigenvalue weighted by molar-refractivity contribution is 1.06. The Morgan fingerprint density at radius 2 is 0.635 bits per heavy atom. The molecule has 15 rings (SSSR count). The molecule has 0 atom stereocenters. The third-order valence-electron chi connectivity index (χ3n) is 19.9. The highest BCUT2D eigenvalue weighted by Gasteiger charge is 2.29. The van der Waals surface area contributed by atoms with Gasteiger partial charge in [-0.15, -0.1) is 0 Å². The SMILES string of the molecule is Cc1cc(C)c2c(c1C)Cc1nccc(C)c1-2.Cc1ccc2c(n1)Cc1c(C)c(C)cc(C)c1-2.Cc1ccc2c(n1)Cc1c-2cc(C)c(C)c1C.Cc1cnc2c(c1)-c1c(C)cc(C)c(C)c1C2.Cc1cnc2c(c1)-c1cc(C)c(C)c(C)c1C2. The second-order valence-electron chi connectivity index (χ2n) is 25.6. The molecule has 0 aliphatic heterocycles. The predicted octanol–water partition coefficient (Wildman–Crippen LogP) is 19.4. The zero-order chi connectivity index (χ0) is 60.8. The van der Waals surface area contributed by atoms with Crippen molar-refractivity contribution in [2.24, 2.45) is 0 Å². The molecule has 0 saturated heterocycles. The molecule has 0 unspecified atom stereocenters. The smallest absolute Gasteiger partial charge is 0.0529 e. The lowest BCUT2D eigenvalue weighted by atomic mass is 9.92. The number of hydrogen-bond acceptors (Lipinski definition) is 5. The summed E-state index contributed by atoms with van der Waals surface area (Å²) in [5.74, 6) is 0. The summed E-state index contributed by atoms with van der Waals surface area (Å²) in [7, 11) is 0. The lowest BCUT2D eigenvalue weighted by Crippen LogP contribution is -1.94. The van der Waals surface area contributed by atoms with E-state index in [1.165, 1.54) is 212 Å². The first-order valence-corrected chi connectivity index (χ1v) is 30.7. The number of fused-ring (bicyclic) bond motifs is 15. The Kier molecular flexibility index (Phi) is 15.6. The third kappa shape index (κ3) is 10.6. The van der Waals surface area contributed by atoms with Crippen LogP contribution in [0.4, 0.5) is 0 Å². The van der Waals surface area contributed by atoms with Crippen molar-refractivity contribution in [3.8, 4) is 55.6 Å². The number of nitrogens with zero attached hydrogens (tertiary/aromatic N) is 5. The van der Waals surface area contributed by atoms with E-state index in [0.717, 1.165) is 43.5 Å². The molecular weight excluding hydrogens is 1030 g/mol. The monoisotopic (exact) mass is 1120 g/mol. The minimum Gasteiger partial charge on any atom is -0.260 e. The molecule has 0 spiro atoms. The van der Waals surface area contributed by atoms with Crippen molar-refractivity contribution in [2.75, 3.05) is 0 Å². The van der Waals surface area contributed by atoms with Gasteiger partial charge in [0, 0.05) is 89.9 Å². The van der Waals surface area contributed by atoms with Crippen LogP contribution in [0.2, 0.25) is 0 Å². The standard InChI is InChI=1S/5C16H17N/c1-9-5-15-14-6-10(2)11(3)12(4)13(14)7-16(15)17-8-9;1-9-5-14-15(17-8-9)7-13-12(4)10(2)6-11(3)16(13)14;1-9-7-10(2)16-13-6-5-11(3)17-15(13)8-14(16)12(9)4;1-9-7-15-13-6-5-10(2)17-16(13)8-14(15)12(4)11(9)3;1-9-5-6-17-14-8-13-12(4)10(2)7-11(3)15(13)16(9)14/h2*5-6,8H,7H2,1-4H3;3*5-7H,8H2,1-4H3. The van der Waals surface area contributed by atoms with E-state index >= 15 is 0 Å². The largest absolute Gasteiger partial charge is 0.260 e. The van der Waals surface area contributed by atoms with Crippen LogP contribution in [0.25, 0.3) is 55.6 Å². The highest BCUT2D eigenvalue weighted by molar-refractivity contribution is 5.84. The van der Waals surface area contributed by atoms with Gasteiger partial charge in [0.25, 0.3) is 0 Å². The maximum absolute atomic E-state index is 4.68. The Morgan fingerprint density at radius 1 is 0.247 bits per heavy atom. The maximum atomic E-state index is 4.68. The number of hydrogen-bond donors (Lipinski definition) is 0. The summed E-state index contributed by atoms with van der Waals surface area (Å²) in [6.07, 6.45) is 10.9. The Morgan fingerprint density at radius 3 is 1.18 bits per heavy atom. The van der Waals surface area contributed by atoms with Gasteiger partial charge in [-0.05, 0) is 325 Å². The van der Waals surface area contributed by atoms with E-state index in [9.17, 15) is 0 Å². The molecule has 5 aromatic carbocycles. The first kappa shape index (κ1) is 58.6. The summed E-state index contributed by atoms with van der Waals surface area (Å²) in [6, 6.07) is 26.9. The fourth-order valence-corrected chi connectivity index (χ4v) is 14.3. The topological polar surface area (TPSA) is 64.5 Å². The van der Waals surface area contributed by atoms with Crippen molar-refractivity contribution < 1.29 is 0 Å². The molecule has 85 heavy (non-hydrogen) atoms. The molecule has 0 amide bonds. The number of rotatable bonds is 0.